The molecule has 3 N–H and O–H groups in total. The maximum absolute atomic E-state index is 12.5. The Morgan fingerprint density at radius 2 is 1.97 bits per heavy atom. The second-order valence-corrected chi connectivity index (χ2v) is 9.92. The number of carbonyl (C=O) groups is 3. The molecule has 0 saturated heterocycles. The van der Waals surface area contributed by atoms with Gasteiger partial charge in [0.05, 0.1) is 19.3 Å². The van der Waals surface area contributed by atoms with Gasteiger partial charge >= 0.3 is 0 Å². The van der Waals surface area contributed by atoms with Gasteiger partial charge in [-0.15, -0.1) is 0 Å². The first-order valence-corrected chi connectivity index (χ1v) is 13.0. The van der Waals surface area contributed by atoms with Crippen LogP contribution < -0.4 is 15.4 Å². The van der Waals surface area contributed by atoms with Crippen molar-refractivity contribution < 1.29 is 24.2 Å². The number of carbonyl (C=O) groups excluding carboxylic acids is 3. The van der Waals surface area contributed by atoms with Gasteiger partial charge in [-0.1, -0.05) is 38.5 Å². The number of ether oxygens (including phenoxy) is 1. The minimum atomic E-state index is -1.00. The van der Waals surface area contributed by atoms with E-state index >= 15 is 0 Å². The summed E-state index contributed by atoms with van der Waals surface area (Å²) < 4.78 is 6.26. The van der Waals surface area contributed by atoms with Crippen LogP contribution in [0, 0.1) is 11.8 Å². The molecule has 0 aromatic heterocycles. The number of aliphatic hydroxyl groups excluding tert-OH is 1. The van der Waals surface area contributed by atoms with Crippen molar-refractivity contribution in [2.75, 3.05) is 26.7 Å². The molecule has 0 radical (unpaired) electrons. The maximum atomic E-state index is 12.5. The van der Waals surface area contributed by atoms with E-state index in [1.54, 1.807) is 0 Å². The van der Waals surface area contributed by atoms with E-state index in [1.165, 1.54) is 23.1 Å². The van der Waals surface area contributed by atoms with Crippen molar-refractivity contribution in [3.63, 3.8) is 0 Å². The molecule has 0 spiro atoms. The summed E-state index contributed by atoms with van der Waals surface area (Å²) in [4.78, 5) is 38.6. The van der Waals surface area contributed by atoms with Crippen LogP contribution >= 0.6 is 0 Å². The molecule has 3 amide bonds. The lowest BCUT2D eigenvalue weighted by Gasteiger charge is -2.28. The van der Waals surface area contributed by atoms with E-state index in [4.69, 9.17) is 4.74 Å². The number of rotatable bonds is 13. The molecule has 1 saturated carbocycles. The largest absolute Gasteiger partial charge is 0.490 e. The number of benzene rings is 1. The monoisotopic (exact) mass is 487 g/mol. The lowest BCUT2D eigenvalue weighted by Crippen LogP contribution is -2.52. The number of para-hydroxylation sites is 1. The Labute approximate surface area is 208 Å². The number of hydrogen-bond acceptors (Lipinski definition) is 5. The van der Waals surface area contributed by atoms with Gasteiger partial charge in [-0.05, 0) is 62.0 Å². The van der Waals surface area contributed by atoms with E-state index in [0.29, 0.717) is 12.5 Å². The van der Waals surface area contributed by atoms with E-state index in [-0.39, 0.29) is 30.4 Å². The highest BCUT2D eigenvalue weighted by atomic mass is 16.5. The summed E-state index contributed by atoms with van der Waals surface area (Å²) in [6, 6.07) is 5.28. The lowest BCUT2D eigenvalue weighted by atomic mass is 9.96. The summed E-state index contributed by atoms with van der Waals surface area (Å²) in [5, 5.41) is 15.0. The van der Waals surface area contributed by atoms with Crippen molar-refractivity contribution in [2.45, 2.75) is 77.4 Å². The fraction of sp³-hybridized carbons (Fsp3) is 0.667. The number of aliphatic hydroxyl groups is 1. The third-order valence-electron chi connectivity index (χ3n) is 7.19. The lowest BCUT2D eigenvalue weighted by molar-refractivity contribution is -0.143. The van der Waals surface area contributed by atoms with Crippen molar-refractivity contribution >= 4 is 17.7 Å². The highest BCUT2D eigenvalue weighted by Gasteiger charge is 2.37. The maximum Gasteiger partial charge on any atom is 0.245 e. The fourth-order valence-electron chi connectivity index (χ4n) is 4.76. The molecule has 1 aromatic rings. The number of aryl methyl sites for hydroxylation is 2. The normalized spacial score (nSPS) is 18.6. The molecule has 3 unspecified atom stereocenters. The van der Waals surface area contributed by atoms with E-state index in [9.17, 15) is 19.5 Å². The van der Waals surface area contributed by atoms with Gasteiger partial charge in [-0.2, -0.15) is 0 Å². The van der Waals surface area contributed by atoms with Crippen LogP contribution in [0.5, 0.6) is 5.75 Å². The van der Waals surface area contributed by atoms with E-state index in [1.807, 2.05) is 6.92 Å². The number of likely N-dealkylation sites (N-methyl/N-ethyl adjacent to an activating group) is 1. The molecule has 194 valence electrons. The zero-order chi connectivity index (χ0) is 25.4. The molecule has 35 heavy (non-hydrogen) atoms. The Balaban J connectivity index is 1.39. The average molecular weight is 488 g/mol. The van der Waals surface area contributed by atoms with Gasteiger partial charge in [0.1, 0.15) is 11.8 Å². The molecule has 8 heteroatoms. The summed E-state index contributed by atoms with van der Waals surface area (Å²) in [6.07, 6.45) is 8.16. The molecule has 2 aliphatic rings. The average Bonchev–Trinajstić information content (AvgIpc) is 3.70. The van der Waals surface area contributed by atoms with Crippen LogP contribution in [0.2, 0.25) is 0 Å². The molecule has 1 fully saturated rings. The van der Waals surface area contributed by atoms with Gasteiger partial charge in [-0.3, -0.25) is 14.4 Å². The molecule has 0 bridgehead atoms. The summed E-state index contributed by atoms with van der Waals surface area (Å²) >= 11 is 0. The molecule has 3 atom stereocenters. The Morgan fingerprint density at radius 3 is 2.66 bits per heavy atom. The smallest absolute Gasteiger partial charge is 0.245 e. The molecule has 8 nitrogen and oxygen atoms in total. The number of fused-ring (bicyclic) bond motifs is 1. The van der Waals surface area contributed by atoms with Crippen LogP contribution in [0.4, 0.5) is 0 Å². The Kier molecular flexibility index (Phi) is 9.95. The van der Waals surface area contributed by atoms with Crippen molar-refractivity contribution in [3.8, 4) is 5.75 Å². The quantitative estimate of drug-likeness (QED) is 0.370. The zero-order valence-electron chi connectivity index (χ0n) is 21.3. The number of amides is 3. The van der Waals surface area contributed by atoms with Crippen molar-refractivity contribution in [2.24, 2.45) is 11.8 Å². The molecule has 1 heterocycles. The molecule has 1 aliphatic carbocycles. The Hall–Kier alpha value is -2.61. The van der Waals surface area contributed by atoms with Crippen LogP contribution in [-0.4, -0.2) is 66.6 Å². The third-order valence-corrected chi connectivity index (χ3v) is 7.19. The van der Waals surface area contributed by atoms with Gasteiger partial charge in [0.15, 0.2) is 0 Å². The van der Waals surface area contributed by atoms with Crippen molar-refractivity contribution in [1.82, 2.24) is 15.5 Å². The first kappa shape index (κ1) is 27.0. The second-order valence-electron chi connectivity index (χ2n) is 9.92. The standard InChI is InChI=1S/C27H41N3O5/c1-4-7-22-14-13-21-9-5-8-20(25(21)35-22)10-6-15-28-24(32)16-29-26(33)23(17-31)30(3)27(34)18(2)19-11-12-19/h5,8-9,18-19,22-23,31H,4,6-7,10-17H2,1-3H3,(H,28,32)(H,29,33). The summed E-state index contributed by atoms with van der Waals surface area (Å²) in [6.45, 7) is 3.83. The molecular weight excluding hydrogens is 446 g/mol. The number of hydrogen-bond donors (Lipinski definition) is 3. The minimum Gasteiger partial charge on any atom is -0.490 e. The Morgan fingerprint density at radius 1 is 1.20 bits per heavy atom. The molecule has 1 aromatic carbocycles. The van der Waals surface area contributed by atoms with E-state index in [0.717, 1.165) is 57.1 Å². The van der Waals surface area contributed by atoms with Gasteiger partial charge in [-0.25, -0.2) is 0 Å². The van der Waals surface area contributed by atoms with Gasteiger partial charge in [0.25, 0.3) is 0 Å². The van der Waals surface area contributed by atoms with Crippen LogP contribution in [-0.2, 0) is 27.2 Å². The van der Waals surface area contributed by atoms with Crippen LogP contribution in [0.1, 0.15) is 63.5 Å². The Bertz CT molecular complexity index is 886. The van der Waals surface area contributed by atoms with E-state index in [2.05, 4.69) is 35.8 Å². The molecule has 1 aliphatic heterocycles. The summed E-state index contributed by atoms with van der Waals surface area (Å²) in [5.74, 6) is 0.229. The van der Waals surface area contributed by atoms with Gasteiger partial charge in [0, 0.05) is 19.5 Å². The van der Waals surface area contributed by atoms with Crippen LogP contribution in [0.3, 0.4) is 0 Å². The van der Waals surface area contributed by atoms with Crippen molar-refractivity contribution in [1.29, 1.82) is 0 Å². The summed E-state index contributed by atoms with van der Waals surface area (Å²) in [5.41, 5.74) is 2.43. The minimum absolute atomic E-state index is 0.153. The van der Waals surface area contributed by atoms with E-state index < -0.39 is 18.6 Å². The molecule has 3 rings (SSSR count). The fourth-order valence-corrected chi connectivity index (χ4v) is 4.76. The number of nitrogens with one attached hydrogen (secondary N) is 2. The predicted molar refractivity (Wildman–Crippen MR) is 134 cm³/mol. The zero-order valence-corrected chi connectivity index (χ0v) is 21.3. The number of nitrogens with zero attached hydrogens (tertiary/aromatic N) is 1. The van der Waals surface area contributed by atoms with Crippen LogP contribution in [0.15, 0.2) is 18.2 Å². The third kappa shape index (κ3) is 7.43. The second kappa shape index (κ2) is 12.9. The summed E-state index contributed by atoms with van der Waals surface area (Å²) in [7, 11) is 1.53. The first-order valence-electron chi connectivity index (χ1n) is 13.0. The van der Waals surface area contributed by atoms with Crippen LogP contribution in [0.25, 0.3) is 0 Å². The van der Waals surface area contributed by atoms with Crippen molar-refractivity contribution in [3.05, 3.63) is 29.3 Å². The van der Waals surface area contributed by atoms with Gasteiger partial charge < -0.3 is 25.4 Å². The predicted octanol–water partition coefficient (Wildman–Crippen LogP) is 2.21. The van der Waals surface area contributed by atoms with Gasteiger partial charge in [0.2, 0.25) is 17.7 Å². The highest BCUT2D eigenvalue weighted by Crippen LogP contribution is 2.37. The topological polar surface area (TPSA) is 108 Å². The first-order chi connectivity index (χ1) is 16.8. The molecular formula is C27H41N3O5. The SMILES string of the molecule is CCCC1CCc2cccc(CCCNC(=O)CNC(=O)C(CO)N(C)C(=O)C(C)C3CC3)c2O1. The highest BCUT2D eigenvalue weighted by molar-refractivity contribution is 5.91.